The number of carbonyl (C=O) groups is 2. The number of amides is 2. The zero-order valence-electron chi connectivity index (χ0n) is 27.4. The van der Waals surface area contributed by atoms with Gasteiger partial charge in [-0.2, -0.15) is 0 Å². The second kappa shape index (κ2) is 13.4. The molecule has 1 saturated carbocycles. The Hall–Kier alpha value is -3.59. The van der Waals surface area contributed by atoms with E-state index in [1.165, 1.54) is 11.1 Å². The number of benzene rings is 2. The fourth-order valence-corrected chi connectivity index (χ4v) is 8.02. The lowest BCUT2D eigenvalue weighted by Gasteiger charge is -2.55. The van der Waals surface area contributed by atoms with E-state index in [4.69, 9.17) is 11.5 Å². The van der Waals surface area contributed by atoms with Crippen molar-refractivity contribution < 1.29 is 14.7 Å². The summed E-state index contributed by atoms with van der Waals surface area (Å²) >= 11 is 0. The van der Waals surface area contributed by atoms with Crippen molar-refractivity contribution in [2.45, 2.75) is 89.1 Å². The first-order chi connectivity index (χ1) is 21.5. The van der Waals surface area contributed by atoms with Crippen LogP contribution in [0.4, 0.5) is 0 Å². The number of rotatable bonds is 13. The number of nitrogens with two attached hydrogens (primary N) is 2. The van der Waals surface area contributed by atoms with E-state index in [1.54, 1.807) is 6.07 Å². The Bertz CT molecular complexity index is 1390. The van der Waals surface area contributed by atoms with Gasteiger partial charge in [0.15, 0.2) is 5.96 Å². The number of nitrogens with zero attached hydrogens (tertiary/aromatic N) is 2. The normalized spacial score (nSPS) is 27.7. The van der Waals surface area contributed by atoms with Crippen molar-refractivity contribution in [3.8, 4) is 5.75 Å². The number of likely N-dealkylation sites (tertiary alicyclic amines) is 1. The van der Waals surface area contributed by atoms with Gasteiger partial charge < -0.3 is 27.2 Å². The number of aromatic hydroxyl groups is 1. The molecule has 2 amide bonds. The number of hydrogen-bond acceptors (Lipinski definition) is 5. The largest absolute Gasteiger partial charge is 0.508 e. The van der Waals surface area contributed by atoms with Crippen LogP contribution in [0.15, 0.2) is 53.5 Å². The summed E-state index contributed by atoms with van der Waals surface area (Å²) in [6.45, 7) is 11.7. The summed E-state index contributed by atoms with van der Waals surface area (Å²) in [5.74, 6) is 1.05. The average Bonchev–Trinajstić information content (AvgIpc) is 3.73. The van der Waals surface area contributed by atoms with E-state index in [0.29, 0.717) is 37.2 Å². The molecule has 2 aromatic carbocycles. The molecule has 1 heterocycles. The highest BCUT2D eigenvalue weighted by molar-refractivity contribution is 5.95. The Morgan fingerprint density at radius 1 is 1.13 bits per heavy atom. The third-order valence-electron chi connectivity index (χ3n) is 10.9. The van der Waals surface area contributed by atoms with Crippen molar-refractivity contribution in [1.82, 2.24) is 15.5 Å². The number of hydrogen-bond donors (Lipinski definition) is 5. The lowest BCUT2D eigenvalue weighted by molar-refractivity contribution is -0.131. The van der Waals surface area contributed by atoms with Crippen LogP contribution in [-0.4, -0.2) is 66.0 Å². The molecule has 0 unspecified atom stereocenters. The van der Waals surface area contributed by atoms with Gasteiger partial charge in [0.05, 0.1) is 5.41 Å². The Morgan fingerprint density at radius 3 is 2.60 bits per heavy atom. The highest BCUT2D eigenvalue weighted by atomic mass is 16.3. The molecule has 7 N–H and O–H groups in total. The summed E-state index contributed by atoms with van der Waals surface area (Å²) < 4.78 is 0. The molecule has 2 bridgehead atoms. The van der Waals surface area contributed by atoms with Gasteiger partial charge in [0.1, 0.15) is 11.8 Å². The van der Waals surface area contributed by atoms with E-state index >= 15 is 0 Å². The molecule has 6 atom stereocenters. The van der Waals surface area contributed by atoms with Gasteiger partial charge in [0.2, 0.25) is 11.8 Å². The fraction of sp³-hybridized carbons (Fsp3) is 0.583. The fourth-order valence-electron chi connectivity index (χ4n) is 8.02. The van der Waals surface area contributed by atoms with Crippen LogP contribution < -0.4 is 22.1 Å². The summed E-state index contributed by atoms with van der Waals surface area (Å²) in [6.07, 6.45) is 4.82. The van der Waals surface area contributed by atoms with E-state index in [9.17, 15) is 14.7 Å². The van der Waals surface area contributed by atoms with Crippen molar-refractivity contribution in [2.24, 2.45) is 34.2 Å². The molecule has 5 rings (SSSR count). The van der Waals surface area contributed by atoms with Crippen LogP contribution in [0, 0.1) is 17.8 Å². The van der Waals surface area contributed by atoms with Crippen molar-refractivity contribution in [3.05, 3.63) is 65.2 Å². The van der Waals surface area contributed by atoms with Crippen molar-refractivity contribution >= 4 is 17.8 Å². The molecule has 3 aliphatic rings. The third kappa shape index (κ3) is 6.83. The Labute approximate surface area is 268 Å². The number of guanidine groups is 1. The number of phenols is 1. The predicted molar refractivity (Wildman–Crippen MR) is 179 cm³/mol. The SMILES string of the molecule is CC(C)C[C@H](NC(=O)[C@]1(c2ccccc2)C[C@@H]1CN1CC[C@@]2(C)c3cc(O)ccc3C[C@@H]1[C@H]2C)C(=O)NCCCCN=C(N)N. The summed E-state index contributed by atoms with van der Waals surface area (Å²) in [4.78, 5) is 34.2. The molecule has 2 fully saturated rings. The molecule has 2 aromatic rings. The molecule has 9 nitrogen and oxygen atoms in total. The van der Waals surface area contributed by atoms with Gasteiger partial charge in [0.25, 0.3) is 0 Å². The number of carbonyl (C=O) groups excluding carboxylic acids is 2. The lowest BCUT2D eigenvalue weighted by Crippen LogP contribution is -2.58. The van der Waals surface area contributed by atoms with E-state index in [0.717, 1.165) is 50.8 Å². The van der Waals surface area contributed by atoms with Crippen LogP contribution >= 0.6 is 0 Å². The molecular weight excluding hydrogens is 564 g/mol. The molecule has 0 aromatic heterocycles. The maximum atomic E-state index is 14.3. The smallest absolute Gasteiger partial charge is 0.242 e. The molecule has 9 heteroatoms. The minimum atomic E-state index is -0.653. The van der Waals surface area contributed by atoms with Gasteiger partial charge in [-0.25, -0.2) is 0 Å². The van der Waals surface area contributed by atoms with Crippen molar-refractivity contribution in [3.63, 3.8) is 0 Å². The molecule has 0 radical (unpaired) electrons. The van der Waals surface area contributed by atoms with Gasteiger partial charge in [-0.1, -0.05) is 64.1 Å². The van der Waals surface area contributed by atoms with Crippen LogP contribution in [0.5, 0.6) is 5.75 Å². The van der Waals surface area contributed by atoms with Gasteiger partial charge in [-0.3, -0.25) is 19.5 Å². The minimum absolute atomic E-state index is 0.0212. The Morgan fingerprint density at radius 2 is 1.89 bits per heavy atom. The van der Waals surface area contributed by atoms with Crippen LogP contribution in [0.3, 0.4) is 0 Å². The highest BCUT2D eigenvalue weighted by Crippen LogP contribution is 2.57. The highest BCUT2D eigenvalue weighted by Gasteiger charge is 2.62. The van der Waals surface area contributed by atoms with Crippen LogP contribution in [0.2, 0.25) is 0 Å². The van der Waals surface area contributed by atoms with Gasteiger partial charge in [0, 0.05) is 25.7 Å². The summed E-state index contributed by atoms with van der Waals surface area (Å²) in [6, 6.07) is 15.8. The van der Waals surface area contributed by atoms with Crippen molar-refractivity contribution in [2.75, 3.05) is 26.2 Å². The summed E-state index contributed by atoms with van der Waals surface area (Å²) in [7, 11) is 0. The van der Waals surface area contributed by atoms with E-state index in [-0.39, 0.29) is 35.0 Å². The second-order valence-corrected chi connectivity index (χ2v) is 14.3. The van der Waals surface area contributed by atoms with Gasteiger partial charge >= 0.3 is 0 Å². The first kappa shape index (κ1) is 32.8. The number of piperidine rings is 1. The number of nitrogens with one attached hydrogen (secondary N) is 2. The maximum absolute atomic E-state index is 14.3. The first-order valence-electron chi connectivity index (χ1n) is 16.7. The lowest BCUT2D eigenvalue weighted by atomic mass is 9.59. The molecule has 45 heavy (non-hydrogen) atoms. The quantitative estimate of drug-likeness (QED) is 0.132. The van der Waals surface area contributed by atoms with Crippen molar-refractivity contribution in [1.29, 1.82) is 0 Å². The second-order valence-electron chi connectivity index (χ2n) is 14.3. The van der Waals surface area contributed by atoms with Gasteiger partial charge in [-0.05, 0) is 97.1 Å². The predicted octanol–water partition coefficient (Wildman–Crippen LogP) is 3.58. The Balaban J connectivity index is 1.29. The minimum Gasteiger partial charge on any atom is -0.508 e. The zero-order valence-corrected chi connectivity index (χ0v) is 27.4. The summed E-state index contributed by atoms with van der Waals surface area (Å²) in [5.41, 5.74) is 13.8. The average molecular weight is 617 g/mol. The summed E-state index contributed by atoms with van der Waals surface area (Å²) in [5, 5.41) is 16.5. The Kier molecular flexibility index (Phi) is 9.77. The molecule has 244 valence electrons. The molecule has 1 aliphatic heterocycles. The van der Waals surface area contributed by atoms with Crippen LogP contribution in [-0.2, 0) is 26.8 Å². The number of unbranched alkanes of at least 4 members (excludes halogenated alkanes) is 1. The van der Waals surface area contributed by atoms with E-state index < -0.39 is 11.5 Å². The molecule has 1 saturated heterocycles. The number of phenolic OH excluding ortho intramolecular Hbond substituents is 1. The standard InChI is InChI=1S/C36H52N6O3/c1-23(2)18-30(32(44)39-15-8-9-16-40-34(37)38)41-33(45)36(26-10-6-5-7-11-26)21-27(36)22-42-17-14-35(4)24(3)31(42)19-25-12-13-28(43)20-29(25)35/h5-7,10-13,20,23-24,27,30-31,43H,8-9,14-19,21-22H2,1-4H3,(H,39,44)(H,41,45)(H4,37,38,40)/t24-,27-,30+,31-,35-,36+/m1/s1. The van der Waals surface area contributed by atoms with E-state index in [1.807, 2.05) is 24.3 Å². The third-order valence-corrected chi connectivity index (χ3v) is 10.9. The van der Waals surface area contributed by atoms with Crippen LogP contribution in [0.1, 0.15) is 76.5 Å². The monoisotopic (exact) mass is 616 g/mol. The van der Waals surface area contributed by atoms with Gasteiger partial charge in [-0.15, -0.1) is 0 Å². The zero-order chi connectivity index (χ0) is 32.4. The first-order valence-corrected chi connectivity index (χ1v) is 16.7. The number of fused-ring (bicyclic) bond motifs is 4. The maximum Gasteiger partial charge on any atom is 0.242 e. The molecule has 0 spiro atoms. The molecule has 2 aliphatic carbocycles. The van der Waals surface area contributed by atoms with Crippen LogP contribution in [0.25, 0.3) is 0 Å². The number of aliphatic imine (C=N–C) groups is 1. The molecular formula is C36H52N6O3. The topological polar surface area (TPSA) is 146 Å². The van der Waals surface area contributed by atoms with E-state index in [2.05, 4.69) is 66.4 Å².